The predicted octanol–water partition coefficient (Wildman–Crippen LogP) is 4.75. The molecule has 1 aliphatic rings. The van der Waals surface area contributed by atoms with E-state index in [1.807, 2.05) is 11.8 Å². The number of benzene rings is 1. The second-order valence-corrected chi connectivity index (χ2v) is 7.31. The summed E-state index contributed by atoms with van der Waals surface area (Å²) in [6.45, 7) is 17.6. The van der Waals surface area contributed by atoms with Crippen LogP contribution in [0.25, 0.3) is 0 Å². The lowest BCUT2D eigenvalue weighted by atomic mass is 9.96. The quantitative estimate of drug-likeness (QED) is 0.261. The number of halogens is 2. The average molecular weight is 441 g/mol. The second-order valence-electron chi connectivity index (χ2n) is 7.31. The number of hydrogen-bond donors (Lipinski definition) is 1. The highest BCUT2D eigenvalue weighted by molar-refractivity contribution is 6.01. The minimum Gasteiger partial charge on any atom is -0.353 e. The molecule has 0 aliphatic carbocycles. The highest BCUT2D eigenvalue weighted by Gasteiger charge is 2.26. The van der Waals surface area contributed by atoms with E-state index in [1.165, 1.54) is 12.2 Å². The molecule has 32 heavy (non-hydrogen) atoms. The zero-order valence-electron chi connectivity index (χ0n) is 18.5. The molecule has 170 valence electrons. The monoisotopic (exact) mass is 440 g/mol. The Hall–Kier alpha value is -3.48. The Kier molecular flexibility index (Phi) is 8.70. The van der Waals surface area contributed by atoms with Crippen LogP contribution in [-0.4, -0.2) is 54.4 Å². The molecule has 0 saturated carbocycles. The molecular weight excluding hydrogens is 410 g/mol. The Morgan fingerprint density at radius 1 is 1.12 bits per heavy atom. The number of aliphatic imine (C=N–C) groups is 1. The Morgan fingerprint density at radius 3 is 2.19 bits per heavy atom. The molecule has 1 aromatic carbocycles. The van der Waals surface area contributed by atoms with Crippen molar-refractivity contribution in [2.75, 3.05) is 38.2 Å². The van der Waals surface area contributed by atoms with Crippen LogP contribution in [0.3, 0.4) is 0 Å². The van der Waals surface area contributed by atoms with Gasteiger partial charge in [-0.3, -0.25) is 4.79 Å². The number of alkyl halides is 2. The molecule has 5 nitrogen and oxygen atoms in total. The molecule has 0 radical (unpaired) electrons. The summed E-state index contributed by atoms with van der Waals surface area (Å²) in [5.74, 6) is 0.264. The summed E-state index contributed by atoms with van der Waals surface area (Å²) in [4.78, 5) is 20.2. The first-order chi connectivity index (χ1) is 15.3. The Balaban J connectivity index is 2.11. The zero-order chi connectivity index (χ0) is 23.7. The van der Waals surface area contributed by atoms with E-state index in [0.717, 1.165) is 5.69 Å². The van der Waals surface area contributed by atoms with Crippen molar-refractivity contribution in [3.63, 3.8) is 0 Å². The molecule has 0 unspecified atom stereocenters. The van der Waals surface area contributed by atoms with Crippen molar-refractivity contribution in [1.82, 2.24) is 9.80 Å². The standard InChI is InChI=1S/C25H30F2N4O/c1-6-13-28-23(30-14-16-31(17-15-30)24(32)19(4)18-26)20(5)29-22-11-9-21(10-12-22)25(27,7-2)8-3/h6-13,29H,2-5,14-18H2,1H3/b13-6-,28-23?. The maximum Gasteiger partial charge on any atom is 0.251 e. The van der Waals surface area contributed by atoms with Gasteiger partial charge in [0.1, 0.15) is 6.67 Å². The fourth-order valence-electron chi connectivity index (χ4n) is 3.26. The molecule has 1 saturated heterocycles. The number of amidine groups is 1. The minimum absolute atomic E-state index is 0.0408. The third-order valence-electron chi connectivity index (χ3n) is 5.16. The summed E-state index contributed by atoms with van der Waals surface area (Å²) in [5.41, 5.74) is -0.130. The molecular formula is C25H30F2N4O. The van der Waals surface area contributed by atoms with E-state index in [9.17, 15) is 13.6 Å². The van der Waals surface area contributed by atoms with Crippen LogP contribution < -0.4 is 5.32 Å². The first kappa shape index (κ1) is 24.8. The first-order valence-electron chi connectivity index (χ1n) is 10.3. The molecule has 7 heteroatoms. The number of anilines is 1. The molecule has 0 bridgehead atoms. The van der Waals surface area contributed by atoms with Gasteiger partial charge < -0.3 is 15.1 Å². The number of amides is 1. The summed E-state index contributed by atoms with van der Waals surface area (Å²) in [6.07, 6.45) is 5.88. The summed E-state index contributed by atoms with van der Waals surface area (Å²) in [6, 6.07) is 6.80. The van der Waals surface area contributed by atoms with E-state index < -0.39 is 12.3 Å². The highest BCUT2D eigenvalue weighted by atomic mass is 19.1. The van der Waals surface area contributed by atoms with Crippen molar-refractivity contribution in [2.45, 2.75) is 12.6 Å². The van der Waals surface area contributed by atoms with E-state index in [0.29, 0.717) is 43.3 Å². The lowest BCUT2D eigenvalue weighted by Crippen LogP contribution is -2.51. The zero-order valence-corrected chi connectivity index (χ0v) is 18.5. The molecule has 0 aromatic heterocycles. The number of rotatable bonds is 9. The number of carbonyl (C=O) groups excluding carboxylic acids is 1. The minimum atomic E-state index is -1.79. The Labute approximate surface area is 188 Å². The van der Waals surface area contributed by atoms with Gasteiger partial charge in [0.25, 0.3) is 5.91 Å². The maximum atomic E-state index is 14.7. The van der Waals surface area contributed by atoms with Crippen LogP contribution >= 0.6 is 0 Å². The summed E-state index contributed by atoms with van der Waals surface area (Å²) < 4.78 is 27.4. The number of nitrogens with zero attached hydrogens (tertiary/aromatic N) is 3. The molecule has 1 N–H and O–H groups in total. The van der Waals surface area contributed by atoms with Crippen LogP contribution in [0, 0.1) is 0 Å². The van der Waals surface area contributed by atoms with Gasteiger partial charge in [-0.25, -0.2) is 13.8 Å². The molecule has 2 rings (SSSR count). The fraction of sp³-hybridized carbons (Fsp3) is 0.280. The summed E-state index contributed by atoms with van der Waals surface area (Å²) in [5, 5.41) is 3.21. The van der Waals surface area contributed by atoms with Crippen molar-refractivity contribution in [3.8, 4) is 0 Å². The third-order valence-corrected chi connectivity index (χ3v) is 5.16. The Bertz CT molecular complexity index is 918. The third kappa shape index (κ3) is 5.81. The molecule has 1 heterocycles. The smallest absolute Gasteiger partial charge is 0.251 e. The molecule has 0 spiro atoms. The van der Waals surface area contributed by atoms with Gasteiger partial charge in [-0.05, 0) is 36.8 Å². The fourth-order valence-corrected chi connectivity index (χ4v) is 3.26. The van der Waals surface area contributed by atoms with Gasteiger partial charge in [-0.1, -0.05) is 44.5 Å². The Morgan fingerprint density at radius 2 is 1.69 bits per heavy atom. The highest BCUT2D eigenvalue weighted by Crippen LogP contribution is 2.29. The van der Waals surface area contributed by atoms with Gasteiger partial charge in [-0.2, -0.15) is 0 Å². The number of piperazine rings is 1. The van der Waals surface area contributed by atoms with Gasteiger partial charge in [0.05, 0.1) is 5.70 Å². The van der Waals surface area contributed by atoms with E-state index in [-0.39, 0.29) is 11.5 Å². The number of carbonyl (C=O) groups is 1. The molecule has 1 aliphatic heterocycles. The topological polar surface area (TPSA) is 47.9 Å². The van der Waals surface area contributed by atoms with Crippen molar-refractivity contribution >= 4 is 17.4 Å². The van der Waals surface area contributed by atoms with Crippen molar-refractivity contribution in [3.05, 3.63) is 91.8 Å². The summed E-state index contributed by atoms with van der Waals surface area (Å²) >= 11 is 0. The molecule has 1 amide bonds. The van der Waals surface area contributed by atoms with Crippen LogP contribution in [-0.2, 0) is 10.5 Å². The van der Waals surface area contributed by atoms with Crippen LogP contribution in [0.5, 0.6) is 0 Å². The summed E-state index contributed by atoms with van der Waals surface area (Å²) in [7, 11) is 0. The van der Waals surface area contributed by atoms with E-state index in [2.05, 4.69) is 36.6 Å². The van der Waals surface area contributed by atoms with E-state index in [1.54, 1.807) is 41.4 Å². The van der Waals surface area contributed by atoms with Gasteiger partial charge in [-0.15, -0.1) is 0 Å². The normalized spacial score (nSPS) is 14.9. The van der Waals surface area contributed by atoms with Gasteiger partial charge in [0, 0.05) is 43.6 Å². The van der Waals surface area contributed by atoms with E-state index >= 15 is 0 Å². The van der Waals surface area contributed by atoms with Crippen LogP contribution in [0.2, 0.25) is 0 Å². The van der Waals surface area contributed by atoms with Crippen LogP contribution in [0.1, 0.15) is 12.5 Å². The largest absolute Gasteiger partial charge is 0.353 e. The SMILES string of the molecule is C=CC(F)(C=C)c1ccc(NC(=C)C(=N/C=C\C)N2CCN(C(=O)C(=C)CF)CC2)cc1. The van der Waals surface area contributed by atoms with Crippen molar-refractivity contribution in [2.24, 2.45) is 4.99 Å². The predicted molar refractivity (Wildman–Crippen MR) is 128 cm³/mol. The van der Waals surface area contributed by atoms with Gasteiger partial charge in [0.2, 0.25) is 0 Å². The number of hydrogen-bond acceptors (Lipinski definition) is 3. The number of nitrogens with one attached hydrogen (secondary N) is 1. The lowest BCUT2D eigenvalue weighted by Gasteiger charge is -2.37. The van der Waals surface area contributed by atoms with E-state index in [4.69, 9.17) is 0 Å². The molecule has 1 fully saturated rings. The van der Waals surface area contributed by atoms with Crippen LogP contribution in [0.15, 0.2) is 91.3 Å². The van der Waals surface area contributed by atoms with Gasteiger partial charge >= 0.3 is 0 Å². The first-order valence-corrected chi connectivity index (χ1v) is 10.3. The second kappa shape index (κ2) is 11.2. The molecule has 1 aromatic rings. The molecule has 0 atom stereocenters. The van der Waals surface area contributed by atoms with Gasteiger partial charge in [0.15, 0.2) is 11.5 Å². The number of allylic oxidation sites excluding steroid dienone is 3. The lowest BCUT2D eigenvalue weighted by molar-refractivity contribution is -0.128. The van der Waals surface area contributed by atoms with Crippen molar-refractivity contribution in [1.29, 1.82) is 0 Å². The average Bonchev–Trinajstić information content (AvgIpc) is 2.83. The maximum absolute atomic E-state index is 14.7. The van der Waals surface area contributed by atoms with Crippen LogP contribution in [0.4, 0.5) is 14.5 Å². The van der Waals surface area contributed by atoms with Crippen molar-refractivity contribution < 1.29 is 13.6 Å².